The molecular weight excluding hydrogens is 246 g/mol. The zero-order valence-electron chi connectivity index (χ0n) is 10.4. The van der Waals surface area contributed by atoms with Gasteiger partial charge in [-0.1, -0.05) is 0 Å². The Morgan fingerprint density at radius 1 is 1.26 bits per heavy atom. The van der Waals surface area contributed by atoms with Gasteiger partial charge in [0, 0.05) is 11.6 Å². The molecule has 6 heteroatoms. The normalized spacial score (nSPS) is 9.74. The molecule has 0 unspecified atom stereocenters. The zero-order chi connectivity index (χ0) is 13.8. The summed E-state index contributed by atoms with van der Waals surface area (Å²) in [7, 11) is 3.08. The third kappa shape index (κ3) is 2.40. The van der Waals surface area contributed by atoms with Gasteiger partial charge in [-0.2, -0.15) is 10.4 Å². The van der Waals surface area contributed by atoms with E-state index in [0.29, 0.717) is 22.8 Å². The van der Waals surface area contributed by atoms with Crippen molar-refractivity contribution in [3.05, 3.63) is 40.2 Å². The van der Waals surface area contributed by atoms with Gasteiger partial charge < -0.3 is 9.47 Å². The third-order valence-corrected chi connectivity index (χ3v) is 2.61. The summed E-state index contributed by atoms with van der Waals surface area (Å²) in [5, 5.41) is 15.0. The van der Waals surface area contributed by atoms with Crippen molar-refractivity contribution in [3.63, 3.8) is 0 Å². The molecule has 0 aliphatic carbocycles. The Balaban J connectivity index is 2.59. The Hall–Kier alpha value is -2.81. The quantitative estimate of drug-likeness (QED) is 0.896. The number of nitriles is 1. The summed E-state index contributed by atoms with van der Waals surface area (Å²) in [6, 6.07) is 8.43. The van der Waals surface area contributed by atoms with Crippen LogP contribution in [0.15, 0.2) is 29.1 Å². The largest absolute Gasteiger partial charge is 0.497 e. The first-order valence-electron chi connectivity index (χ1n) is 5.42. The second kappa shape index (κ2) is 5.23. The molecule has 0 aliphatic rings. The van der Waals surface area contributed by atoms with Gasteiger partial charge in [-0.25, -0.2) is 5.10 Å². The molecule has 0 saturated carbocycles. The van der Waals surface area contributed by atoms with E-state index in [1.54, 1.807) is 25.3 Å². The van der Waals surface area contributed by atoms with Crippen molar-refractivity contribution in [2.75, 3.05) is 14.2 Å². The van der Waals surface area contributed by atoms with Crippen LogP contribution in [-0.4, -0.2) is 24.4 Å². The first-order chi connectivity index (χ1) is 9.19. The van der Waals surface area contributed by atoms with Crippen LogP contribution >= 0.6 is 0 Å². The second-order valence-corrected chi connectivity index (χ2v) is 3.67. The highest BCUT2D eigenvalue weighted by Gasteiger charge is 2.11. The molecule has 1 N–H and O–H groups in total. The summed E-state index contributed by atoms with van der Waals surface area (Å²) < 4.78 is 10.4. The SMILES string of the molecule is COc1ccc(-c2cc(C#N)c(=O)[nH]n2)c(OC)c1. The van der Waals surface area contributed by atoms with Gasteiger partial charge in [0.05, 0.1) is 19.9 Å². The van der Waals surface area contributed by atoms with Gasteiger partial charge in [-0.05, 0) is 18.2 Å². The standard InChI is InChI=1S/C13H11N3O3/c1-18-9-3-4-10(12(6-9)19-2)11-5-8(7-14)13(17)16-15-11/h3-6H,1-2H3,(H,16,17). The number of hydrogen-bond donors (Lipinski definition) is 1. The summed E-state index contributed by atoms with van der Waals surface area (Å²) >= 11 is 0. The lowest BCUT2D eigenvalue weighted by Gasteiger charge is -2.09. The van der Waals surface area contributed by atoms with Crippen LogP contribution < -0.4 is 15.0 Å². The minimum Gasteiger partial charge on any atom is -0.497 e. The van der Waals surface area contributed by atoms with Crippen molar-refractivity contribution in [2.24, 2.45) is 0 Å². The number of H-pyrrole nitrogens is 1. The third-order valence-electron chi connectivity index (χ3n) is 2.61. The van der Waals surface area contributed by atoms with Crippen LogP contribution in [-0.2, 0) is 0 Å². The van der Waals surface area contributed by atoms with E-state index in [4.69, 9.17) is 14.7 Å². The number of rotatable bonds is 3. The molecule has 0 fully saturated rings. The highest BCUT2D eigenvalue weighted by atomic mass is 16.5. The minimum atomic E-state index is -0.515. The van der Waals surface area contributed by atoms with Gasteiger partial charge in [0.25, 0.3) is 5.56 Å². The zero-order valence-corrected chi connectivity index (χ0v) is 10.4. The van der Waals surface area contributed by atoms with Crippen molar-refractivity contribution >= 4 is 0 Å². The molecule has 0 radical (unpaired) electrons. The molecule has 0 spiro atoms. The number of ether oxygens (including phenoxy) is 2. The molecule has 6 nitrogen and oxygen atoms in total. The number of methoxy groups -OCH3 is 2. The molecule has 2 rings (SSSR count). The van der Waals surface area contributed by atoms with Crippen LogP contribution in [0.5, 0.6) is 11.5 Å². The van der Waals surface area contributed by atoms with E-state index in [0.717, 1.165) is 0 Å². The highest BCUT2D eigenvalue weighted by Crippen LogP contribution is 2.31. The van der Waals surface area contributed by atoms with Crippen LogP contribution in [0, 0.1) is 11.3 Å². The smallest absolute Gasteiger partial charge is 0.282 e. The fourth-order valence-corrected chi connectivity index (χ4v) is 1.64. The molecule has 0 atom stereocenters. The molecule has 1 heterocycles. The van der Waals surface area contributed by atoms with E-state index in [1.807, 2.05) is 6.07 Å². The van der Waals surface area contributed by atoms with Crippen molar-refractivity contribution in [1.82, 2.24) is 10.2 Å². The second-order valence-electron chi connectivity index (χ2n) is 3.67. The van der Waals surface area contributed by atoms with Gasteiger partial charge in [-0.3, -0.25) is 4.79 Å². The summed E-state index contributed by atoms with van der Waals surface area (Å²) in [6.07, 6.45) is 0. The molecule has 0 saturated heterocycles. The predicted octanol–water partition coefficient (Wildman–Crippen LogP) is 1.33. The number of aromatic nitrogens is 2. The lowest BCUT2D eigenvalue weighted by Crippen LogP contribution is -2.12. The Bertz CT molecular complexity index is 701. The predicted molar refractivity (Wildman–Crippen MR) is 68.1 cm³/mol. The van der Waals surface area contributed by atoms with Gasteiger partial charge in [0.15, 0.2) is 0 Å². The number of nitrogens with one attached hydrogen (secondary N) is 1. The van der Waals surface area contributed by atoms with Crippen LogP contribution in [0.1, 0.15) is 5.56 Å². The van der Waals surface area contributed by atoms with Crippen molar-refractivity contribution in [1.29, 1.82) is 5.26 Å². The molecular formula is C13H11N3O3. The lowest BCUT2D eigenvalue weighted by atomic mass is 10.1. The molecule has 1 aromatic carbocycles. The lowest BCUT2D eigenvalue weighted by molar-refractivity contribution is 0.395. The maximum atomic E-state index is 11.3. The van der Waals surface area contributed by atoms with Crippen LogP contribution in [0.2, 0.25) is 0 Å². The first-order valence-corrected chi connectivity index (χ1v) is 5.42. The van der Waals surface area contributed by atoms with Gasteiger partial charge in [-0.15, -0.1) is 0 Å². The fraction of sp³-hybridized carbons (Fsp3) is 0.154. The van der Waals surface area contributed by atoms with Crippen LogP contribution in [0.4, 0.5) is 0 Å². The maximum Gasteiger partial charge on any atom is 0.282 e. The molecule has 19 heavy (non-hydrogen) atoms. The Kier molecular flexibility index (Phi) is 3.48. The molecule has 0 bridgehead atoms. The fourth-order valence-electron chi connectivity index (χ4n) is 1.64. The van der Waals surface area contributed by atoms with E-state index < -0.39 is 5.56 Å². The molecule has 2 aromatic rings. The van der Waals surface area contributed by atoms with Crippen molar-refractivity contribution < 1.29 is 9.47 Å². The van der Waals surface area contributed by atoms with Crippen molar-refractivity contribution in [3.8, 4) is 28.8 Å². The van der Waals surface area contributed by atoms with Gasteiger partial charge in [0.2, 0.25) is 0 Å². The van der Waals surface area contributed by atoms with Gasteiger partial charge in [0.1, 0.15) is 23.1 Å². The Morgan fingerprint density at radius 2 is 2.05 bits per heavy atom. The summed E-state index contributed by atoms with van der Waals surface area (Å²) in [4.78, 5) is 11.3. The maximum absolute atomic E-state index is 11.3. The Labute approximate surface area is 109 Å². The van der Waals surface area contributed by atoms with Crippen LogP contribution in [0.3, 0.4) is 0 Å². The van der Waals surface area contributed by atoms with E-state index in [9.17, 15) is 4.79 Å². The average molecular weight is 257 g/mol. The van der Waals surface area contributed by atoms with E-state index >= 15 is 0 Å². The van der Waals surface area contributed by atoms with E-state index in [2.05, 4.69) is 10.2 Å². The van der Waals surface area contributed by atoms with E-state index in [-0.39, 0.29) is 5.56 Å². The first kappa shape index (κ1) is 12.6. The number of nitrogens with zero attached hydrogens (tertiary/aromatic N) is 2. The van der Waals surface area contributed by atoms with Crippen LogP contribution in [0.25, 0.3) is 11.3 Å². The minimum absolute atomic E-state index is 0.00266. The topological polar surface area (TPSA) is 88.0 Å². The molecule has 96 valence electrons. The average Bonchev–Trinajstić information content (AvgIpc) is 2.47. The molecule has 0 amide bonds. The summed E-state index contributed by atoms with van der Waals surface area (Å²) in [5.41, 5.74) is 0.605. The molecule has 0 aliphatic heterocycles. The molecule has 1 aromatic heterocycles. The number of aromatic amines is 1. The summed E-state index contributed by atoms with van der Waals surface area (Å²) in [6.45, 7) is 0. The number of hydrogen-bond acceptors (Lipinski definition) is 5. The van der Waals surface area contributed by atoms with Gasteiger partial charge >= 0.3 is 0 Å². The van der Waals surface area contributed by atoms with Crippen molar-refractivity contribution in [2.45, 2.75) is 0 Å². The van der Waals surface area contributed by atoms with E-state index in [1.165, 1.54) is 13.2 Å². The monoisotopic (exact) mass is 257 g/mol. The Morgan fingerprint density at radius 3 is 2.68 bits per heavy atom. The number of benzene rings is 1. The summed E-state index contributed by atoms with van der Waals surface area (Å²) in [5.74, 6) is 1.19. The highest BCUT2D eigenvalue weighted by molar-refractivity contribution is 5.69.